The second-order valence-electron chi connectivity index (χ2n) is 12.0. The molecule has 0 unspecified atom stereocenters. The van der Waals surface area contributed by atoms with Crippen molar-refractivity contribution in [1.82, 2.24) is 19.9 Å². The third kappa shape index (κ3) is 12.4. The fourth-order valence-electron chi connectivity index (χ4n) is 4.90. The molecule has 0 aliphatic heterocycles. The first-order valence-corrected chi connectivity index (χ1v) is 17.9. The fraction of sp³-hybridized carbons (Fsp3) is 0.186. The minimum absolute atomic E-state index is 0.0680. The van der Waals surface area contributed by atoms with Crippen LogP contribution in [0.3, 0.4) is 0 Å². The normalized spacial score (nSPS) is 10.3. The number of nitrogens with zero attached hydrogens (tertiary/aromatic N) is 5. The van der Waals surface area contributed by atoms with E-state index in [1.165, 1.54) is 55.1 Å². The third-order valence-corrected chi connectivity index (χ3v) is 7.93. The van der Waals surface area contributed by atoms with Crippen LogP contribution in [0.1, 0.15) is 52.0 Å². The number of benzene rings is 3. The lowest BCUT2D eigenvalue weighted by molar-refractivity contribution is -0.138. The summed E-state index contributed by atoms with van der Waals surface area (Å²) < 4.78 is 32.3. The van der Waals surface area contributed by atoms with Crippen molar-refractivity contribution in [2.24, 2.45) is 0 Å². The molecule has 0 saturated heterocycles. The Bertz CT molecular complexity index is 2250. The summed E-state index contributed by atoms with van der Waals surface area (Å²) in [5.74, 6) is -0.854. The Morgan fingerprint density at radius 2 is 0.983 bits per heavy atom. The Labute approximate surface area is 333 Å². The minimum Gasteiger partial charge on any atom is -0.490 e. The average molecular weight is 784 g/mol. The summed E-state index contributed by atoms with van der Waals surface area (Å²) in [6.07, 6.45) is 11.0. The number of carbonyl (C=O) groups excluding carboxylic acids is 4. The lowest BCUT2D eigenvalue weighted by Gasteiger charge is -2.12. The zero-order chi connectivity index (χ0) is 41.1. The van der Waals surface area contributed by atoms with E-state index in [9.17, 15) is 24.4 Å². The Morgan fingerprint density at radius 1 is 0.569 bits per heavy atom. The predicted octanol–water partition coefficient (Wildman–Crippen LogP) is 6.69. The maximum atomic E-state index is 13.2. The lowest BCUT2D eigenvalue weighted by Crippen LogP contribution is -2.13. The molecule has 2 aromatic heterocycles. The molecular weight excluding hydrogens is 746 g/mol. The van der Waals surface area contributed by atoms with Crippen molar-refractivity contribution in [1.29, 1.82) is 5.26 Å². The van der Waals surface area contributed by atoms with Gasteiger partial charge in [0, 0.05) is 29.3 Å². The molecule has 0 spiro atoms. The van der Waals surface area contributed by atoms with E-state index < -0.39 is 23.9 Å². The molecule has 0 amide bonds. The highest BCUT2D eigenvalue weighted by Gasteiger charge is 2.18. The molecule has 5 aromatic rings. The largest absolute Gasteiger partial charge is 0.490 e. The van der Waals surface area contributed by atoms with E-state index in [1.54, 1.807) is 36.4 Å². The van der Waals surface area contributed by atoms with Crippen molar-refractivity contribution < 1.29 is 47.6 Å². The van der Waals surface area contributed by atoms with Crippen molar-refractivity contribution >= 4 is 23.9 Å². The van der Waals surface area contributed by atoms with Crippen molar-refractivity contribution in [3.63, 3.8) is 0 Å². The second kappa shape index (κ2) is 21.4. The molecular formula is C43H37N5O10. The van der Waals surface area contributed by atoms with E-state index in [0.717, 1.165) is 12.2 Å². The SMILES string of the molecule is C=CC(=O)OCCCCOc1cnc(-c2ccc(C(=O)Oc3ccc(C#N)cc3OC(=O)c3ccc(-c4ncc(OCCCCOC(=O)C=C)cn4)cc3)cc2)nc1. The highest BCUT2D eigenvalue weighted by molar-refractivity contribution is 5.94. The van der Waals surface area contributed by atoms with Gasteiger partial charge in [-0.1, -0.05) is 37.4 Å². The zero-order valence-corrected chi connectivity index (χ0v) is 31.2. The van der Waals surface area contributed by atoms with Gasteiger partial charge in [-0.15, -0.1) is 0 Å². The molecule has 58 heavy (non-hydrogen) atoms. The first-order chi connectivity index (χ1) is 28.3. The van der Waals surface area contributed by atoms with E-state index in [-0.39, 0.29) is 41.4 Å². The van der Waals surface area contributed by atoms with Crippen molar-refractivity contribution in [2.45, 2.75) is 25.7 Å². The van der Waals surface area contributed by atoms with Crippen LogP contribution in [0.2, 0.25) is 0 Å². The smallest absolute Gasteiger partial charge is 0.343 e. The van der Waals surface area contributed by atoms with Crippen LogP contribution in [-0.4, -0.2) is 70.2 Å². The maximum absolute atomic E-state index is 13.2. The van der Waals surface area contributed by atoms with Gasteiger partial charge in [0.1, 0.15) is 0 Å². The van der Waals surface area contributed by atoms with Crippen LogP contribution in [0.25, 0.3) is 22.8 Å². The van der Waals surface area contributed by atoms with Crippen LogP contribution < -0.4 is 18.9 Å². The lowest BCUT2D eigenvalue weighted by atomic mass is 10.1. The highest BCUT2D eigenvalue weighted by atomic mass is 16.6. The molecule has 3 aromatic carbocycles. The van der Waals surface area contributed by atoms with Crippen LogP contribution in [0.15, 0.2) is 117 Å². The van der Waals surface area contributed by atoms with Crippen molar-refractivity contribution in [2.75, 3.05) is 26.4 Å². The number of rotatable bonds is 20. The molecule has 0 atom stereocenters. The van der Waals surface area contributed by atoms with E-state index in [1.807, 2.05) is 6.07 Å². The second-order valence-corrected chi connectivity index (χ2v) is 12.0. The van der Waals surface area contributed by atoms with Crippen LogP contribution in [0, 0.1) is 11.3 Å². The molecule has 0 aliphatic rings. The molecule has 0 bridgehead atoms. The van der Waals surface area contributed by atoms with Gasteiger partial charge < -0.3 is 28.4 Å². The summed E-state index contributed by atoms with van der Waals surface area (Å²) >= 11 is 0. The number of hydrogen-bond acceptors (Lipinski definition) is 15. The van der Waals surface area contributed by atoms with Gasteiger partial charge in [-0.3, -0.25) is 0 Å². The Hall–Kier alpha value is -7.73. The molecule has 0 aliphatic carbocycles. The molecule has 0 N–H and O–H groups in total. The van der Waals surface area contributed by atoms with E-state index >= 15 is 0 Å². The maximum Gasteiger partial charge on any atom is 0.343 e. The van der Waals surface area contributed by atoms with Crippen LogP contribution >= 0.6 is 0 Å². The molecule has 294 valence electrons. The van der Waals surface area contributed by atoms with Gasteiger partial charge in [-0.05, 0) is 62.1 Å². The van der Waals surface area contributed by atoms with Crippen molar-refractivity contribution in [3.05, 3.63) is 134 Å². The van der Waals surface area contributed by atoms with Gasteiger partial charge in [-0.25, -0.2) is 39.1 Å². The van der Waals surface area contributed by atoms with Gasteiger partial charge in [0.05, 0.1) is 74.0 Å². The summed E-state index contributed by atoms with van der Waals surface area (Å²) in [5, 5.41) is 9.47. The molecule has 0 saturated carbocycles. The summed E-state index contributed by atoms with van der Waals surface area (Å²) in [5.41, 5.74) is 1.83. The van der Waals surface area contributed by atoms with Gasteiger partial charge in [0.25, 0.3) is 0 Å². The predicted molar refractivity (Wildman–Crippen MR) is 208 cm³/mol. The molecule has 15 heteroatoms. The summed E-state index contributed by atoms with van der Waals surface area (Å²) in [6, 6.07) is 18.9. The van der Waals surface area contributed by atoms with E-state index in [2.05, 4.69) is 33.1 Å². The Balaban J connectivity index is 1.13. The molecule has 5 rings (SSSR count). The van der Waals surface area contributed by atoms with Crippen molar-refractivity contribution in [3.8, 4) is 51.8 Å². The quantitative estimate of drug-likeness (QED) is 0.0350. The molecule has 2 heterocycles. The number of esters is 4. The first-order valence-electron chi connectivity index (χ1n) is 17.9. The molecule has 0 fully saturated rings. The van der Waals surface area contributed by atoms with Crippen LogP contribution in [-0.2, 0) is 19.1 Å². The number of carbonyl (C=O) groups is 4. The third-order valence-electron chi connectivity index (χ3n) is 7.93. The number of nitriles is 1. The Morgan fingerprint density at radius 3 is 1.40 bits per heavy atom. The van der Waals surface area contributed by atoms with Gasteiger partial charge in [0.2, 0.25) is 0 Å². The number of ether oxygens (including phenoxy) is 6. The minimum atomic E-state index is -0.754. The van der Waals surface area contributed by atoms with Gasteiger partial charge >= 0.3 is 23.9 Å². The molecule has 0 radical (unpaired) electrons. The van der Waals surface area contributed by atoms with E-state index in [0.29, 0.717) is 73.2 Å². The van der Waals surface area contributed by atoms with E-state index in [4.69, 9.17) is 28.4 Å². The zero-order valence-electron chi connectivity index (χ0n) is 31.2. The molecule has 15 nitrogen and oxygen atoms in total. The highest BCUT2D eigenvalue weighted by Crippen LogP contribution is 2.31. The standard InChI is InChI=1S/C43H37N5O10/c1-3-38(49)55-21-7-5-19-53-34-25-45-40(46-26-34)30-10-14-32(15-11-30)42(51)57-36-18-9-29(24-44)23-37(36)58-43(52)33-16-12-31(13-17-33)41-47-27-35(28-48-41)54-20-6-8-22-56-39(50)4-2/h3-4,9-18,23,25-28H,1-2,5-8,19-22H2. The monoisotopic (exact) mass is 783 g/mol. The Kier molecular flexibility index (Phi) is 15.3. The number of aromatic nitrogens is 4. The first kappa shape index (κ1) is 41.4. The van der Waals surface area contributed by atoms with Crippen LogP contribution in [0.4, 0.5) is 0 Å². The fourth-order valence-corrected chi connectivity index (χ4v) is 4.90. The average Bonchev–Trinajstić information content (AvgIpc) is 3.26. The number of hydrogen-bond donors (Lipinski definition) is 0. The van der Waals surface area contributed by atoms with Crippen LogP contribution in [0.5, 0.6) is 23.0 Å². The summed E-state index contributed by atoms with van der Waals surface area (Å²) in [7, 11) is 0. The van der Waals surface area contributed by atoms with Gasteiger partial charge in [0.15, 0.2) is 34.6 Å². The summed E-state index contributed by atoms with van der Waals surface area (Å²) in [4.78, 5) is 65.8. The van der Waals surface area contributed by atoms with Gasteiger partial charge in [-0.2, -0.15) is 5.26 Å². The number of unbranched alkanes of at least 4 members (excludes halogenated alkanes) is 2. The summed E-state index contributed by atoms with van der Waals surface area (Å²) in [6.45, 7) is 8.04. The topological polar surface area (TPSA) is 199 Å².